The van der Waals surface area contributed by atoms with Crippen molar-refractivity contribution in [3.63, 3.8) is 0 Å². The molecule has 2 aromatic rings. The van der Waals surface area contributed by atoms with Gasteiger partial charge in [0.05, 0.1) is 29.7 Å². The number of hydrogen-bond donors (Lipinski definition) is 2. The zero-order valence-electron chi connectivity index (χ0n) is 17.3. The van der Waals surface area contributed by atoms with Gasteiger partial charge in [-0.1, -0.05) is 0 Å². The first-order valence-electron chi connectivity index (χ1n) is 9.84. The van der Waals surface area contributed by atoms with Crippen LogP contribution in [0.1, 0.15) is 27.1 Å². The SMILES string of the molecule is COc1ccc(OCCNC(=O)NCCCN2C(=O)c3ccc([N+](=O)[O-])cc3C2=O)cc1. The number of imide groups is 1. The molecule has 2 aromatic carbocycles. The van der Waals surface area contributed by atoms with Gasteiger partial charge < -0.3 is 20.1 Å². The van der Waals surface area contributed by atoms with Crippen molar-refractivity contribution < 1.29 is 28.8 Å². The number of non-ortho nitro benzene ring substituents is 1. The molecule has 11 heteroatoms. The number of nitrogens with zero attached hydrogens (tertiary/aromatic N) is 2. The van der Waals surface area contributed by atoms with Gasteiger partial charge in [-0.2, -0.15) is 0 Å². The van der Waals surface area contributed by atoms with Crippen LogP contribution in [-0.4, -0.2) is 61.0 Å². The first kappa shape index (κ1) is 22.5. The number of nitro benzene ring substituents is 1. The fourth-order valence-corrected chi connectivity index (χ4v) is 3.10. The number of hydrogen-bond acceptors (Lipinski definition) is 7. The molecule has 4 amide bonds. The maximum absolute atomic E-state index is 12.4. The zero-order valence-corrected chi connectivity index (χ0v) is 17.3. The van der Waals surface area contributed by atoms with E-state index in [1.54, 1.807) is 31.4 Å². The van der Waals surface area contributed by atoms with Crippen molar-refractivity contribution in [3.05, 3.63) is 63.7 Å². The minimum absolute atomic E-state index is 0.0202. The second-order valence-corrected chi connectivity index (χ2v) is 6.81. The maximum atomic E-state index is 12.4. The minimum Gasteiger partial charge on any atom is -0.497 e. The molecule has 1 heterocycles. The molecule has 11 nitrogen and oxygen atoms in total. The van der Waals surface area contributed by atoms with Crippen LogP contribution in [0.5, 0.6) is 11.5 Å². The van der Waals surface area contributed by atoms with E-state index in [1.165, 1.54) is 12.1 Å². The first-order chi connectivity index (χ1) is 15.4. The van der Waals surface area contributed by atoms with Crippen LogP contribution in [0.3, 0.4) is 0 Å². The predicted molar refractivity (Wildman–Crippen MR) is 113 cm³/mol. The fourth-order valence-electron chi connectivity index (χ4n) is 3.10. The highest BCUT2D eigenvalue weighted by atomic mass is 16.6. The van der Waals surface area contributed by atoms with E-state index in [1.807, 2.05) is 0 Å². The summed E-state index contributed by atoms with van der Waals surface area (Å²) in [5.74, 6) is 0.297. The quantitative estimate of drug-likeness (QED) is 0.248. The Morgan fingerprint density at radius 1 is 1.00 bits per heavy atom. The maximum Gasteiger partial charge on any atom is 0.314 e. The number of urea groups is 1. The standard InChI is InChI=1S/C21H22N4O7/c1-31-15-4-6-16(7-5-15)32-12-10-23-21(28)22-9-2-11-24-19(26)17-8-3-14(25(29)30)13-18(17)20(24)27/h3-8,13H,2,9-12H2,1H3,(H2,22,23,28). The highest BCUT2D eigenvalue weighted by molar-refractivity contribution is 6.21. The molecule has 2 N–H and O–H groups in total. The van der Waals surface area contributed by atoms with Crippen molar-refractivity contribution >= 4 is 23.5 Å². The largest absolute Gasteiger partial charge is 0.497 e. The highest BCUT2D eigenvalue weighted by Crippen LogP contribution is 2.26. The monoisotopic (exact) mass is 442 g/mol. The Balaban J connectivity index is 1.35. The molecule has 0 unspecified atom stereocenters. The van der Waals surface area contributed by atoms with Gasteiger partial charge in [-0.15, -0.1) is 0 Å². The molecule has 0 bridgehead atoms. The summed E-state index contributed by atoms with van der Waals surface area (Å²) in [6.07, 6.45) is 0.337. The minimum atomic E-state index is -0.620. The number of nitrogens with one attached hydrogen (secondary N) is 2. The summed E-state index contributed by atoms with van der Waals surface area (Å²) in [6.45, 7) is 0.885. The van der Waals surface area contributed by atoms with Gasteiger partial charge in [0.1, 0.15) is 18.1 Å². The van der Waals surface area contributed by atoms with E-state index in [9.17, 15) is 24.5 Å². The van der Waals surface area contributed by atoms with Crippen molar-refractivity contribution in [3.8, 4) is 11.5 Å². The lowest BCUT2D eigenvalue weighted by atomic mass is 10.1. The Hall–Kier alpha value is -4.15. The van der Waals surface area contributed by atoms with Crippen LogP contribution in [0.2, 0.25) is 0 Å². The second-order valence-electron chi connectivity index (χ2n) is 6.81. The lowest BCUT2D eigenvalue weighted by Gasteiger charge is -2.14. The van der Waals surface area contributed by atoms with E-state index in [-0.39, 0.29) is 43.1 Å². The van der Waals surface area contributed by atoms with Crippen LogP contribution < -0.4 is 20.1 Å². The van der Waals surface area contributed by atoms with Gasteiger partial charge in [0.15, 0.2) is 0 Å². The van der Waals surface area contributed by atoms with Crippen LogP contribution in [0, 0.1) is 10.1 Å². The number of ether oxygens (including phenoxy) is 2. The lowest BCUT2D eigenvalue weighted by molar-refractivity contribution is -0.384. The zero-order chi connectivity index (χ0) is 23.1. The van der Waals surface area contributed by atoms with Crippen LogP contribution in [0.4, 0.5) is 10.5 Å². The van der Waals surface area contributed by atoms with Gasteiger partial charge in [0, 0.05) is 25.2 Å². The molecule has 1 aliphatic rings. The number of fused-ring (bicyclic) bond motifs is 1. The molecule has 0 aromatic heterocycles. The van der Waals surface area contributed by atoms with Gasteiger partial charge >= 0.3 is 6.03 Å². The smallest absolute Gasteiger partial charge is 0.314 e. The number of rotatable bonds is 10. The number of nitro groups is 1. The number of benzene rings is 2. The third kappa shape index (κ3) is 5.31. The van der Waals surface area contributed by atoms with Crippen molar-refractivity contribution in [2.24, 2.45) is 0 Å². The number of carbonyl (C=O) groups excluding carboxylic acids is 3. The van der Waals surface area contributed by atoms with Gasteiger partial charge in [-0.05, 0) is 36.8 Å². The van der Waals surface area contributed by atoms with Gasteiger partial charge in [0.25, 0.3) is 17.5 Å². The Labute approximate surface area is 183 Å². The summed E-state index contributed by atoms with van der Waals surface area (Å²) in [4.78, 5) is 47.9. The van der Waals surface area contributed by atoms with Gasteiger partial charge in [-0.25, -0.2) is 4.79 Å². The molecular weight excluding hydrogens is 420 g/mol. The molecular formula is C21H22N4O7. The summed E-state index contributed by atoms with van der Waals surface area (Å²) in [7, 11) is 1.58. The molecule has 0 saturated heterocycles. The van der Waals surface area contributed by atoms with E-state index < -0.39 is 22.8 Å². The molecule has 0 spiro atoms. The molecule has 1 aliphatic heterocycles. The highest BCUT2D eigenvalue weighted by Gasteiger charge is 2.36. The van der Waals surface area contributed by atoms with E-state index in [2.05, 4.69) is 10.6 Å². The summed E-state index contributed by atoms with van der Waals surface area (Å²) in [6, 6.07) is 10.2. The van der Waals surface area contributed by atoms with Crippen molar-refractivity contribution in [2.45, 2.75) is 6.42 Å². The molecule has 0 fully saturated rings. The lowest BCUT2D eigenvalue weighted by Crippen LogP contribution is -2.39. The number of methoxy groups -OCH3 is 1. The van der Waals surface area contributed by atoms with Crippen LogP contribution in [0.15, 0.2) is 42.5 Å². The Morgan fingerprint density at radius 3 is 2.34 bits per heavy atom. The van der Waals surface area contributed by atoms with Gasteiger partial charge in [0.2, 0.25) is 0 Å². The molecule has 0 atom stereocenters. The van der Waals surface area contributed by atoms with Gasteiger partial charge in [-0.3, -0.25) is 24.6 Å². The third-order valence-corrected chi connectivity index (χ3v) is 4.72. The van der Waals surface area contributed by atoms with Crippen LogP contribution >= 0.6 is 0 Å². The Morgan fingerprint density at radius 2 is 1.66 bits per heavy atom. The summed E-state index contributed by atoms with van der Waals surface area (Å²) in [5, 5.41) is 16.1. The predicted octanol–water partition coefficient (Wildman–Crippen LogP) is 1.97. The van der Waals surface area contributed by atoms with Crippen LogP contribution in [0.25, 0.3) is 0 Å². The fraction of sp³-hybridized carbons (Fsp3) is 0.286. The molecule has 3 rings (SSSR count). The summed E-state index contributed by atoms with van der Waals surface area (Å²) in [5.41, 5.74) is -0.0871. The molecule has 0 aliphatic carbocycles. The van der Waals surface area contributed by atoms with Crippen molar-refractivity contribution in [1.82, 2.24) is 15.5 Å². The normalized spacial score (nSPS) is 12.3. The topological polar surface area (TPSA) is 140 Å². The average Bonchev–Trinajstić information content (AvgIpc) is 3.04. The first-order valence-corrected chi connectivity index (χ1v) is 9.84. The number of carbonyl (C=O) groups is 3. The van der Waals surface area contributed by atoms with E-state index >= 15 is 0 Å². The molecule has 0 radical (unpaired) electrons. The van der Waals surface area contributed by atoms with Crippen LogP contribution in [-0.2, 0) is 0 Å². The van der Waals surface area contributed by atoms with E-state index in [0.29, 0.717) is 12.2 Å². The molecule has 168 valence electrons. The summed E-state index contributed by atoms with van der Waals surface area (Å²) < 4.78 is 10.6. The number of amides is 4. The molecule has 32 heavy (non-hydrogen) atoms. The van der Waals surface area contributed by atoms with E-state index in [4.69, 9.17) is 9.47 Å². The second kappa shape index (κ2) is 10.2. The third-order valence-electron chi connectivity index (χ3n) is 4.72. The Bertz CT molecular complexity index is 1020. The van der Waals surface area contributed by atoms with Crippen molar-refractivity contribution in [2.75, 3.05) is 33.4 Å². The average molecular weight is 442 g/mol. The van der Waals surface area contributed by atoms with Crippen molar-refractivity contribution in [1.29, 1.82) is 0 Å². The molecule has 0 saturated carbocycles. The van der Waals surface area contributed by atoms with E-state index in [0.717, 1.165) is 16.7 Å². The summed E-state index contributed by atoms with van der Waals surface area (Å²) >= 11 is 0. The Kier molecular flexibility index (Phi) is 7.21.